The number of carbonyl (C=O) groups excluding carboxylic acids is 2. The summed E-state index contributed by atoms with van der Waals surface area (Å²) in [6, 6.07) is 7.79. The summed E-state index contributed by atoms with van der Waals surface area (Å²) in [5.74, 6) is -1.26. The van der Waals surface area contributed by atoms with Crippen molar-refractivity contribution in [1.29, 1.82) is 0 Å². The topological polar surface area (TPSA) is 109 Å². The van der Waals surface area contributed by atoms with Gasteiger partial charge in [-0.25, -0.2) is 4.39 Å². The number of carbonyl (C=O) groups is 3. The Bertz CT molecular complexity index is 1450. The smallest absolute Gasteiger partial charge is 0.308 e. The molecule has 0 unspecified atom stereocenters. The summed E-state index contributed by atoms with van der Waals surface area (Å²) >= 11 is 0. The fourth-order valence-corrected chi connectivity index (χ4v) is 7.60. The molecule has 3 aliphatic heterocycles. The first-order valence-corrected chi connectivity index (χ1v) is 17.0. The van der Waals surface area contributed by atoms with Crippen molar-refractivity contribution in [2.75, 3.05) is 45.0 Å². The average Bonchev–Trinajstić information content (AvgIpc) is 3.67. The number of aliphatic carboxylic acids is 1. The molecule has 5 rings (SSSR count). The Kier molecular flexibility index (Phi) is 11.3. The predicted octanol–water partition coefficient (Wildman–Crippen LogP) is 5.74. The fraction of sp³-hybridized carbons (Fsp3) is 0.583. The molecular weight excluding hydrogens is 605 g/mol. The lowest BCUT2D eigenvalue weighted by Crippen LogP contribution is -2.49. The van der Waals surface area contributed by atoms with E-state index in [1.54, 1.807) is 30.0 Å². The Labute approximate surface area is 276 Å². The number of halogens is 1. The minimum Gasteiger partial charge on any atom is -0.493 e. The van der Waals surface area contributed by atoms with Crippen LogP contribution in [-0.2, 0) is 14.4 Å². The van der Waals surface area contributed by atoms with Gasteiger partial charge in [-0.1, -0.05) is 26.7 Å². The Hall–Kier alpha value is -3.86. The van der Waals surface area contributed by atoms with Crippen LogP contribution in [0.4, 0.5) is 10.1 Å². The predicted molar refractivity (Wildman–Crippen MR) is 176 cm³/mol. The zero-order valence-corrected chi connectivity index (χ0v) is 28.0. The first kappa shape index (κ1) is 34.5. The number of fused-ring (bicyclic) bond motifs is 1. The van der Waals surface area contributed by atoms with Crippen LogP contribution in [0, 0.1) is 18.7 Å². The number of hydrogen-bond donors (Lipinski definition) is 1. The zero-order valence-electron chi connectivity index (χ0n) is 28.0. The van der Waals surface area contributed by atoms with E-state index < -0.39 is 23.8 Å². The maximum atomic E-state index is 14.5. The molecule has 2 amide bonds. The fourth-order valence-electron chi connectivity index (χ4n) is 7.60. The van der Waals surface area contributed by atoms with Crippen LogP contribution in [0.1, 0.15) is 82.3 Å². The normalized spacial score (nSPS) is 21.0. The van der Waals surface area contributed by atoms with Crippen LogP contribution in [0.2, 0.25) is 0 Å². The van der Waals surface area contributed by atoms with Gasteiger partial charge in [-0.3, -0.25) is 19.3 Å². The van der Waals surface area contributed by atoms with Gasteiger partial charge in [0, 0.05) is 49.7 Å². The Morgan fingerprint density at radius 1 is 1.13 bits per heavy atom. The van der Waals surface area contributed by atoms with Crippen molar-refractivity contribution in [3.63, 3.8) is 0 Å². The van der Waals surface area contributed by atoms with Gasteiger partial charge in [0.25, 0.3) is 0 Å². The summed E-state index contributed by atoms with van der Waals surface area (Å²) in [6.45, 7) is 7.28. The van der Waals surface area contributed by atoms with Crippen molar-refractivity contribution in [3.8, 4) is 17.2 Å². The van der Waals surface area contributed by atoms with E-state index >= 15 is 0 Å². The van der Waals surface area contributed by atoms with Gasteiger partial charge in [0.05, 0.1) is 19.6 Å². The van der Waals surface area contributed by atoms with Crippen molar-refractivity contribution < 1.29 is 38.1 Å². The van der Waals surface area contributed by atoms with Gasteiger partial charge in [0.15, 0.2) is 11.5 Å². The molecule has 0 aliphatic carbocycles. The molecule has 10 nitrogen and oxygen atoms in total. The summed E-state index contributed by atoms with van der Waals surface area (Å²) in [6.07, 6.45) is 6.01. The van der Waals surface area contributed by atoms with E-state index in [-0.39, 0.29) is 37.0 Å². The number of anilines is 1. The molecule has 0 aromatic heterocycles. The molecule has 0 bridgehead atoms. The van der Waals surface area contributed by atoms with Crippen LogP contribution < -0.4 is 19.1 Å². The molecular formula is C36H48FN3O7. The van der Waals surface area contributed by atoms with Crippen molar-refractivity contribution >= 4 is 23.5 Å². The van der Waals surface area contributed by atoms with E-state index in [0.29, 0.717) is 61.0 Å². The molecule has 3 aliphatic rings. The third-order valence-corrected chi connectivity index (χ3v) is 9.89. The molecule has 3 atom stereocenters. The molecule has 3 heterocycles. The number of piperidine rings is 1. The molecule has 2 aromatic rings. The van der Waals surface area contributed by atoms with Crippen LogP contribution in [-0.4, -0.2) is 84.9 Å². The SMILES string of the molecule is CCCC(CCC)N(C(=O)CN1C[C@H](c2cc(OC)c3c(c2)OCO3)[C@@H](C(=O)O)[C@@H]1CCN1CCCCC1=O)c1ccc(F)c(C)c1. The van der Waals surface area contributed by atoms with Crippen molar-refractivity contribution in [3.05, 3.63) is 47.3 Å². The molecule has 256 valence electrons. The number of hydrogen-bond acceptors (Lipinski definition) is 7. The second-order valence-corrected chi connectivity index (χ2v) is 13.0. The van der Waals surface area contributed by atoms with Gasteiger partial charge in [0.1, 0.15) is 5.82 Å². The monoisotopic (exact) mass is 653 g/mol. The first-order chi connectivity index (χ1) is 22.7. The number of rotatable bonds is 14. The number of nitrogens with zero attached hydrogens (tertiary/aromatic N) is 3. The maximum absolute atomic E-state index is 14.5. The summed E-state index contributed by atoms with van der Waals surface area (Å²) < 4.78 is 31.2. The molecule has 47 heavy (non-hydrogen) atoms. The van der Waals surface area contributed by atoms with E-state index in [9.17, 15) is 23.9 Å². The van der Waals surface area contributed by atoms with E-state index in [1.165, 1.54) is 13.2 Å². The summed E-state index contributed by atoms with van der Waals surface area (Å²) in [7, 11) is 1.53. The van der Waals surface area contributed by atoms with Crippen molar-refractivity contribution in [1.82, 2.24) is 9.80 Å². The average molecular weight is 654 g/mol. The van der Waals surface area contributed by atoms with Crippen LogP contribution >= 0.6 is 0 Å². The number of carboxylic acid groups (broad SMARTS) is 1. The number of amides is 2. The Morgan fingerprint density at radius 2 is 1.89 bits per heavy atom. The van der Waals surface area contributed by atoms with E-state index in [2.05, 4.69) is 13.8 Å². The lowest BCUT2D eigenvalue weighted by Gasteiger charge is -2.35. The minimum atomic E-state index is -0.961. The van der Waals surface area contributed by atoms with Crippen LogP contribution in [0.3, 0.4) is 0 Å². The lowest BCUT2D eigenvalue weighted by atomic mass is 9.84. The quantitative estimate of drug-likeness (QED) is 0.275. The van der Waals surface area contributed by atoms with Gasteiger partial charge in [-0.2, -0.15) is 0 Å². The van der Waals surface area contributed by atoms with Gasteiger partial charge in [-0.15, -0.1) is 0 Å². The van der Waals surface area contributed by atoms with E-state index in [1.807, 2.05) is 15.9 Å². The number of ether oxygens (including phenoxy) is 3. The molecule has 1 N–H and O–H groups in total. The Morgan fingerprint density at radius 3 is 2.55 bits per heavy atom. The highest BCUT2D eigenvalue weighted by molar-refractivity contribution is 5.95. The molecule has 2 fully saturated rings. The third kappa shape index (κ3) is 7.50. The number of carboxylic acids is 1. The highest BCUT2D eigenvalue weighted by atomic mass is 19.1. The van der Waals surface area contributed by atoms with Gasteiger partial charge < -0.3 is 29.1 Å². The molecule has 0 spiro atoms. The van der Waals surface area contributed by atoms with Crippen LogP contribution in [0.25, 0.3) is 0 Å². The standard InChI is InChI=1S/C36H48FN3O7/c1-5-9-25(10-6-2)40(26-12-13-28(37)23(3)17-26)33(42)21-39-20-27(24-18-30(45-4)35-31(19-24)46-22-47-35)34(36(43)44)29(39)14-16-38-15-8-7-11-32(38)41/h12-13,17-19,25,27,29,34H,5-11,14-16,20-22H2,1-4H3,(H,43,44)/t27-,29+,34-/m1/s1. The third-order valence-electron chi connectivity index (χ3n) is 9.89. The molecule has 2 aromatic carbocycles. The second kappa shape index (κ2) is 15.4. The summed E-state index contributed by atoms with van der Waals surface area (Å²) in [5, 5.41) is 10.7. The Balaban J connectivity index is 1.50. The first-order valence-electron chi connectivity index (χ1n) is 17.0. The van der Waals surface area contributed by atoms with Crippen LogP contribution in [0.5, 0.6) is 17.2 Å². The highest BCUT2D eigenvalue weighted by Gasteiger charge is 2.48. The van der Waals surface area contributed by atoms with Gasteiger partial charge in [0.2, 0.25) is 24.4 Å². The second-order valence-electron chi connectivity index (χ2n) is 13.0. The maximum Gasteiger partial charge on any atom is 0.308 e. The van der Waals surface area contributed by atoms with Crippen molar-refractivity contribution in [2.24, 2.45) is 5.92 Å². The molecule has 11 heteroatoms. The van der Waals surface area contributed by atoms with Crippen molar-refractivity contribution in [2.45, 2.75) is 90.1 Å². The summed E-state index contributed by atoms with van der Waals surface area (Å²) in [4.78, 5) is 45.9. The number of benzene rings is 2. The minimum absolute atomic E-state index is 0.0130. The lowest BCUT2D eigenvalue weighted by molar-refractivity contribution is -0.143. The summed E-state index contributed by atoms with van der Waals surface area (Å²) in [5.41, 5.74) is 1.83. The number of likely N-dealkylation sites (tertiary alicyclic amines) is 2. The molecule has 2 saturated heterocycles. The number of aryl methyl sites for hydroxylation is 1. The molecule has 0 radical (unpaired) electrons. The van der Waals surface area contributed by atoms with Crippen LogP contribution in [0.15, 0.2) is 30.3 Å². The highest BCUT2D eigenvalue weighted by Crippen LogP contribution is 2.47. The van der Waals surface area contributed by atoms with Gasteiger partial charge in [-0.05, 0) is 80.5 Å². The van der Waals surface area contributed by atoms with E-state index in [4.69, 9.17) is 14.2 Å². The largest absolute Gasteiger partial charge is 0.493 e. The number of methoxy groups -OCH3 is 1. The van der Waals surface area contributed by atoms with Gasteiger partial charge >= 0.3 is 5.97 Å². The zero-order chi connectivity index (χ0) is 33.7. The molecule has 0 saturated carbocycles. The van der Waals surface area contributed by atoms with E-state index in [0.717, 1.165) is 44.1 Å².